The van der Waals surface area contributed by atoms with Crippen molar-refractivity contribution in [3.05, 3.63) is 35.9 Å². The second-order valence-corrected chi connectivity index (χ2v) is 6.28. The lowest BCUT2D eigenvalue weighted by Gasteiger charge is -2.29. The lowest BCUT2D eigenvalue weighted by atomic mass is 10.0. The van der Waals surface area contributed by atoms with Gasteiger partial charge in [-0.25, -0.2) is 0 Å². The molecule has 118 valence electrons. The van der Waals surface area contributed by atoms with Crippen LogP contribution in [0.1, 0.15) is 31.2 Å². The lowest BCUT2D eigenvalue weighted by molar-refractivity contribution is -0.0161. The average molecular weight is 293 g/mol. The third-order valence-corrected chi connectivity index (χ3v) is 4.04. The van der Waals surface area contributed by atoms with Crippen LogP contribution in [0.3, 0.4) is 0 Å². The van der Waals surface area contributed by atoms with Crippen LogP contribution in [-0.2, 0) is 11.3 Å². The van der Waals surface area contributed by atoms with Crippen molar-refractivity contribution in [2.24, 2.45) is 0 Å². The smallest absolute Gasteiger partial charge is 0.0900 e. The van der Waals surface area contributed by atoms with Crippen LogP contribution >= 0.6 is 0 Å². The molecule has 1 atom stereocenters. The maximum Gasteiger partial charge on any atom is 0.0900 e. The van der Waals surface area contributed by atoms with Gasteiger partial charge in [0, 0.05) is 13.1 Å². The quantitative estimate of drug-likeness (QED) is 0.767. The van der Waals surface area contributed by atoms with E-state index in [4.69, 9.17) is 4.74 Å². The van der Waals surface area contributed by atoms with Crippen LogP contribution in [0.15, 0.2) is 30.3 Å². The zero-order valence-corrected chi connectivity index (χ0v) is 12.9. The van der Waals surface area contributed by atoms with E-state index < -0.39 is 11.7 Å². The molecule has 0 aliphatic heterocycles. The Labute approximate surface area is 127 Å². The van der Waals surface area contributed by atoms with E-state index in [1.807, 2.05) is 42.3 Å². The average Bonchev–Trinajstić information content (AvgIpc) is 2.86. The second kappa shape index (κ2) is 7.90. The van der Waals surface area contributed by atoms with E-state index in [1.165, 1.54) is 0 Å². The minimum atomic E-state index is -0.556. The summed E-state index contributed by atoms with van der Waals surface area (Å²) in [6, 6.07) is 9.94. The Hall–Kier alpha value is -0.940. The van der Waals surface area contributed by atoms with Crippen molar-refractivity contribution >= 4 is 0 Å². The minimum Gasteiger partial charge on any atom is -0.389 e. The molecule has 0 amide bonds. The van der Waals surface area contributed by atoms with E-state index in [9.17, 15) is 10.2 Å². The predicted molar refractivity (Wildman–Crippen MR) is 83.0 cm³/mol. The molecule has 2 N–H and O–H groups in total. The van der Waals surface area contributed by atoms with E-state index in [2.05, 4.69) is 0 Å². The molecule has 1 aromatic carbocycles. The molecule has 2 rings (SSSR count). The normalized spacial score (nSPS) is 19.0. The number of aliphatic hydroxyl groups excluding tert-OH is 1. The van der Waals surface area contributed by atoms with Crippen molar-refractivity contribution in [3.63, 3.8) is 0 Å². The summed E-state index contributed by atoms with van der Waals surface area (Å²) in [6.45, 7) is 1.99. The zero-order chi connectivity index (χ0) is 15.1. The molecular weight excluding hydrogens is 266 g/mol. The largest absolute Gasteiger partial charge is 0.389 e. The molecule has 1 fully saturated rings. The predicted octanol–water partition coefficient (Wildman–Crippen LogP) is 1.80. The van der Waals surface area contributed by atoms with Crippen LogP contribution in [0.2, 0.25) is 0 Å². The summed E-state index contributed by atoms with van der Waals surface area (Å²) in [5.41, 5.74) is 0.553. The highest BCUT2D eigenvalue weighted by Gasteiger charge is 2.32. The molecule has 0 saturated heterocycles. The number of nitrogens with zero attached hydrogens (tertiary/aromatic N) is 1. The molecule has 4 heteroatoms. The number of hydrogen-bond donors (Lipinski definition) is 2. The van der Waals surface area contributed by atoms with Crippen LogP contribution in [-0.4, -0.2) is 53.6 Å². The Morgan fingerprint density at radius 3 is 2.57 bits per heavy atom. The first-order valence-corrected chi connectivity index (χ1v) is 7.78. The van der Waals surface area contributed by atoms with Crippen LogP contribution < -0.4 is 0 Å². The van der Waals surface area contributed by atoms with Gasteiger partial charge in [-0.3, -0.25) is 0 Å². The molecule has 1 saturated carbocycles. The van der Waals surface area contributed by atoms with Crippen molar-refractivity contribution in [2.75, 3.05) is 26.7 Å². The fourth-order valence-corrected chi connectivity index (χ4v) is 3.06. The Morgan fingerprint density at radius 2 is 1.90 bits per heavy atom. The molecule has 1 aliphatic rings. The fourth-order valence-electron chi connectivity index (χ4n) is 3.06. The number of ether oxygens (including phenoxy) is 1. The van der Waals surface area contributed by atoms with Crippen molar-refractivity contribution in [1.29, 1.82) is 0 Å². The van der Waals surface area contributed by atoms with E-state index in [0.29, 0.717) is 26.3 Å². The number of aliphatic hydroxyl groups is 2. The Kier molecular flexibility index (Phi) is 6.18. The summed E-state index contributed by atoms with van der Waals surface area (Å²) in [4.78, 5) is 2.00. The minimum absolute atomic E-state index is 0.317. The number of hydrogen-bond acceptors (Lipinski definition) is 4. The summed E-state index contributed by atoms with van der Waals surface area (Å²) >= 11 is 0. The summed E-state index contributed by atoms with van der Waals surface area (Å²) in [7, 11) is 1.94. The summed E-state index contributed by atoms with van der Waals surface area (Å²) in [5, 5.41) is 20.4. The van der Waals surface area contributed by atoms with Crippen molar-refractivity contribution in [1.82, 2.24) is 4.90 Å². The highest BCUT2D eigenvalue weighted by Crippen LogP contribution is 2.29. The van der Waals surface area contributed by atoms with Gasteiger partial charge < -0.3 is 19.8 Å². The molecule has 1 aromatic rings. The Bertz CT molecular complexity index is 404. The van der Waals surface area contributed by atoms with Crippen LogP contribution in [0.4, 0.5) is 0 Å². The van der Waals surface area contributed by atoms with Gasteiger partial charge in [-0.15, -0.1) is 0 Å². The summed E-state index contributed by atoms with van der Waals surface area (Å²) in [5.74, 6) is 0. The van der Waals surface area contributed by atoms with Gasteiger partial charge >= 0.3 is 0 Å². The maximum atomic E-state index is 10.3. The Balaban J connectivity index is 1.63. The molecule has 0 bridgehead atoms. The molecule has 21 heavy (non-hydrogen) atoms. The molecule has 0 aromatic heterocycles. The van der Waals surface area contributed by atoms with Crippen molar-refractivity contribution in [2.45, 2.75) is 44.0 Å². The standard InChI is InChI=1S/C17H27NO3/c1-18(14-17(20)9-5-6-10-17)11-16(19)13-21-12-15-7-3-2-4-8-15/h2-4,7-8,16,19-20H,5-6,9-14H2,1H3. The highest BCUT2D eigenvalue weighted by molar-refractivity contribution is 5.13. The topological polar surface area (TPSA) is 52.9 Å². The molecule has 1 aliphatic carbocycles. The summed E-state index contributed by atoms with van der Waals surface area (Å²) in [6.07, 6.45) is 3.43. The number of benzene rings is 1. The monoisotopic (exact) mass is 293 g/mol. The lowest BCUT2D eigenvalue weighted by Crippen LogP contribution is -2.42. The first kappa shape index (κ1) is 16.4. The van der Waals surface area contributed by atoms with Gasteiger partial charge in [0.25, 0.3) is 0 Å². The van der Waals surface area contributed by atoms with E-state index >= 15 is 0 Å². The fraction of sp³-hybridized carbons (Fsp3) is 0.647. The van der Waals surface area contributed by atoms with Crippen LogP contribution in [0, 0.1) is 0 Å². The number of rotatable bonds is 8. The van der Waals surface area contributed by atoms with E-state index in [0.717, 1.165) is 31.2 Å². The first-order chi connectivity index (χ1) is 10.1. The van der Waals surface area contributed by atoms with Gasteiger partial charge in [0.1, 0.15) is 0 Å². The van der Waals surface area contributed by atoms with Gasteiger partial charge in [0.05, 0.1) is 24.9 Å². The molecule has 0 heterocycles. The molecule has 0 radical (unpaired) electrons. The zero-order valence-electron chi connectivity index (χ0n) is 12.9. The van der Waals surface area contributed by atoms with E-state index in [1.54, 1.807) is 0 Å². The van der Waals surface area contributed by atoms with Gasteiger partial charge in [-0.1, -0.05) is 43.2 Å². The molecule has 1 unspecified atom stereocenters. The molecule has 4 nitrogen and oxygen atoms in total. The highest BCUT2D eigenvalue weighted by atomic mass is 16.5. The second-order valence-electron chi connectivity index (χ2n) is 6.28. The van der Waals surface area contributed by atoms with Crippen molar-refractivity contribution < 1.29 is 14.9 Å². The van der Waals surface area contributed by atoms with Crippen LogP contribution in [0.25, 0.3) is 0 Å². The maximum absolute atomic E-state index is 10.3. The molecule has 0 spiro atoms. The van der Waals surface area contributed by atoms with Crippen LogP contribution in [0.5, 0.6) is 0 Å². The van der Waals surface area contributed by atoms with Gasteiger partial charge in [-0.05, 0) is 25.5 Å². The summed E-state index contributed by atoms with van der Waals surface area (Å²) < 4.78 is 5.54. The third-order valence-electron chi connectivity index (χ3n) is 4.04. The van der Waals surface area contributed by atoms with E-state index in [-0.39, 0.29) is 0 Å². The van der Waals surface area contributed by atoms with Gasteiger partial charge in [0.2, 0.25) is 0 Å². The van der Waals surface area contributed by atoms with Crippen molar-refractivity contribution in [3.8, 4) is 0 Å². The Morgan fingerprint density at radius 1 is 1.24 bits per heavy atom. The van der Waals surface area contributed by atoms with Gasteiger partial charge in [0.15, 0.2) is 0 Å². The number of likely N-dealkylation sites (N-methyl/N-ethyl adjacent to an activating group) is 1. The van der Waals surface area contributed by atoms with Gasteiger partial charge in [-0.2, -0.15) is 0 Å². The molecular formula is C17H27NO3. The first-order valence-electron chi connectivity index (χ1n) is 7.78. The SMILES string of the molecule is CN(CC(O)COCc1ccccc1)CC1(O)CCCC1. The third kappa shape index (κ3) is 5.75.